The first-order valence-corrected chi connectivity index (χ1v) is 6.46. The van der Waals surface area contributed by atoms with E-state index in [0.29, 0.717) is 0 Å². The van der Waals surface area contributed by atoms with E-state index in [9.17, 15) is 9.59 Å². The fourth-order valence-corrected chi connectivity index (χ4v) is 2.11. The quantitative estimate of drug-likeness (QED) is 0.502. The molecule has 110 valence electrons. The third-order valence-corrected chi connectivity index (χ3v) is 2.65. The predicted octanol–water partition coefficient (Wildman–Crippen LogP) is 0.181. The smallest absolute Gasteiger partial charge is 0.316 e. The molecule has 0 aromatic rings. The van der Waals surface area contributed by atoms with Gasteiger partial charge in [-0.05, 0) is 27.7 Å². The van der Waals surface area contributed by atoms with E-state index in [1.807, 2.05) is 0 Å². The third-order valence-electron chi connectivity index (χ3n) is 2.65. The summed E-state index contributed by atoms with van der Waals surface area (Å²) in [5, 5.41) is 2.16. The van der Waals surface area contributed by atoms with Crippen LogP contribution in [0.25, 0.3) is 0 Å². The average Bonchev–Trinajstić information content (AvgIpc) is 2.54. The minimum absolute atomic E-state index is 0.169. The summed E-state index contributed by atoms with van der Waals surface area (Å²) in [7, 11) is 0. The van der Waals surface area contributed by atoms with Crippen LogP contribution in [0.1, 0.15) is 27.7 Å². The predicted molar refractivity (Wildman–Crippen MR) is 65.1 cm³/mol. The van der Waals surface area contributed by atoms with Crippen LogP contribution in [0, 0.1) is 0 Å². The monoisotopic (exact) mass is 275 g/mol. The zero-order chi connectivity index (χ0) is 14.5. The van der Waals surface area contributed by atoms with Crippen LogP contribution < -0.4 is 5.32 Å². The van der Waals surface area contributed by atoms with E-state index < -0.39 is 23.4 Å². The molecule has 1 aliphatic heterocycles. The van der Waals surface area contributed by atoms with Crippen molar-refractivity contribution < 1.29 is 28.5 Å². The SMILES string of the molecule is CCOC1(OCC)C(=O)NC(=O)C1(OCC)OCC. The van der Waals surface area contributed by atoms with Crippen molar-refractivity contribution in [2.45, 2.75) is 39.3 Å². The van der Waals surface area contributed by atoms with Crippen LogP contribution in [-0.2, 0) is 28.5 Å². The molecule has 7 nitrogen and oxygen atoms in total. The molecule has 0 bridgehead atoms. The molecular formula is C12H21NO6. The molecule has 0 atom stereocenters. The van der Waals surface area contributed by atoms with Gasteiger partial charge in [0.05, 0.1) is 0 Å². The van der Waals surface area contributed by atoms with Crippen LogP contribution in [0.4, 0.5) is 0 Å². The Kier molecular flexibility index (Phi) is 5.42. The lowest BCUT2D eigenvalue weighted by Crippen LogP contribution is -2.63. The molecule has 1 fully saturated rings. The highest BCUT2D eigenvalue weighted by molar-refractivity contribution is 6.11. The first-order chi connectivity index (χ1) is 9.04. The van der Waals surface area contributed by atoms with Crippen LogP contribution in [0.5, 0.6) is 0 Å². The normalized spacial score (nSPS) is 20.6. The van der Waals surface area contributed by atoms with Crippen molar-refractivity contribution in [3.8, 4) is 0 Å². The Bertz CT molecular complexity index is 299. The summed E-state index contributed by atoms with van der Waals surface area (Å²) < 4.78 is 21.7. The summed E-state index contributed by atoms with van der Waals surface area (Å²) in [6.45, 7) is 7.45. The van der Waals surface area contributed by atoms with E-state index in [1.54, 1.807) is 27.7 Å². The van der Waals surface area contributed by atoms with E-state index >= 15 is 0 Å². The lowest BCUT2D eigenvalue weighted by atomic mass is 10.1. The highest BCUT2D eigenvalue weighted by atomic mass is 16.8. The van der Waals surface area contributed by atoms with E-state index in [1.165, 1.54) is 0 Å². The van der Waals surface area contributed by atoms with Gasteiger partial charge in [0, 0.05) is 26.4 Å². The van der Waals surface area contributed by atoms with Gasteiger partial charge < -0.3 is 18.9 Å². The maximum atomic E-state index is 12.1. The van der Waals surface area contributed by atoms with Crippen LogP contribution in [0.2, 0.25) is 0 Å². The molecule has 0 aromatic carbocycles. The minimum atomic E-state index is -1.90. The molecule has 1 N–H and O–H groups in total. The Labute approximate surface area is 112 Å². The highest BCUT2D eigenvalue weighted by Crippen LogP contribution is 2.38. The fourth-order valence-electron chi connectivity index (χ4n) is 2.11. The molecule has 7 heteroatoms. The van der Waals surface area contributed by atoms with Gasteiger partial charge >= 0.3 is 11.6 Å². The van der Waals surface area contributed by atoms with Crippen LogP contribution >= 0.6 is 0 Å². The molecule has 0 unspecified atom stereocenters. The molecular weight excluding hydrogens is 254 g/mol. The summed E-state index contributed by atoms with van der Waals surface area (Å²) in [6, 6.07) is 0. The molecule has 0 aromatic heterocycles. The lowest BCUT2D eigenvalue weighted by molar-refractivity contribution is -0.361. The third kappa shape index (κ3) is 2.38. The maximum Gasteiger partial charge on any atom is 0.316 e. The van der Waals surface area contributed by atoms with Gasteiger partial charge in [-0.3, -0.25) is 14.9 Å². The van der Waals surface area contributed by atoms with Gasteiger partial charge in [-0.1, -0.05) is 0 Å². The largest absolute Gasteiger partial charge is 0.338 e. The van der Waals surface area contributed by atoms with Crippen molar-refractivity contribution in [2.24, 2.45) is 0 Å². The molecule has 0 spiro atoms. The number of hydrogen-bond acceptors (Lipinski definition) is 6. The lowest BCUT2D eigenvalue weighted by Gasteiger charge is -2.38. The van der Waals surface area contributed by atoms with Crippen molar-refractivity contribution in [3.63, 3.8) is 0 Å². The summed E-state index contributed by atoms with van der Waals surface area (Å²) in [5.74, 6) is -5.22. The number of amides is 2. The molecule has 1 saturated heterocycles. The van der Waals surface area contributed by atoms with Gasteiger partial charge in [-0.25, -0.2) is 0 Å². The van der Waals surface area contributed by atoms with Crippen molar-refractivity contribution in [1.82, 2.24) is 5.32 Å². The number of carbonyl (C=O) groups excluding carboxylic acids is 2. The summed E-state index contributed by atoms with van der Waals surface area (Å²) in [5.41, 5.74) is 0. The topological polar surface area (TPSA) is 83.1 Å². The van der Waals surface area contributed by atoms with Crippen LogP contribution in [-0.4, -0.2) is 49.8 Å². The molecule has 19 heavy (non-hydrogen) atoms. The molecule has 1 heterocycles. The molecule has 0 aliphatic carbocycles. The van der Waals surface area contributed by atoms with E-state index in [0.717, 1.165) is 0 Å². The Morgan fingerprint density at radius 3 is 1.21 bits per heavy atom. The minimum Gasteiger partial charge on any atom is -0.338 e. The van der Waals surface area contributed by atoms with Gasteiger partial charge in [0.15, 0.2) is 0 Å². The first kappa shape index (κ1) is 16.0. The molecule has 1 rings (SSSR count). The van der Waals surface area contributed by atoms with Crippen molar-refractivity contribution in [1.29, 1.82) is 0 Å². The van der Waals surface area contributed by atoms with Gasteiger partial charge in [0.25, 0.3) is 11.8 Å². The van der Waals surface area contributed by atoms with Crippen molar-refractivity contribution >= 4 is 11.8 Å². The van der Waals surface area contributed by atoms with Gasteiger partial charge in [-0.2, -0.15) is 0 Å². The Morgan fingerprint density at radius 2 is 1.00 bits per heavy atom. The van der Waals surface area contributed by atoms with Crippen LogP contribution in [0.3, 0.4) is 0 Å². The second-order valence-electron chi connectivity index (χ2n) is 3.75. The number of ether oxygens (including phenoxy) is 4. The summed E-state index contributed by atoms with van der Waals surface area (Å²) in [6.07, 6.45) is 0. The zero-order valence-electron chi connectivity index (χ0n) is 11.8. The number of carbonyl (C=O) groups is 2. The molecule has 0 radical (unpaired) electrons. The fraction of sp³-hybridized carbons (Fsp3) is 0.833. The van der Waals surface area contributed by atoms with E-state index in [-0.39, 0.29) is 26.4 Å². The molecule has 0 saturated carbocycles. The number of imide groups is 1. The zero-order valence-corrected chi connectivity index (χ0v) is 11.8. The second-order valence-corrected chi connectivity index (χ2v) is 3.75. The molecule has 2 amide bonds. The van der Waals surface area contributed by atoms with Gasteiger partial charge in [0.1, 0.15) is 0 Å². The second kappa shape index (κ2) is 6.42. The number of rotatable bonds is 8. The summed E-state index contributed by atoms with van der Waals surface area (Å²) >= 11 is 0. The van der Waals surface area contributed by atoms with E-state index in [4.69, 9.17) is 18.9 Å². The Morgan fingerprint density at radius 1 is 0.737 bits per heavy atom. The van der Waals surface area contributed by atoms with Gasteiger partial charge in [-0.15, -0.1) is 0 Å². The van der Waals surface area contributed by atoms with Crippen molar-refractivity contribution in [2.75, 3.05) is 26.4 Å². The Hall–Kier alpha value is -1.02. The summed E-state index contributed by atoms with van der Waals surface area (Å²) in [4.78, 5) is 24.2. The Balaban J connectivity index is 3.31. The standard InChI is InChI=1S/C12H21NO6/c1-5-16-11(17-6-2)9(14)13-10(15)12(11,18-7-3)19-8-4/h5-8H2,1-4H3,(H,13,14,15). The highest BCUT2D eigenvalue weighted by Gasteiger charge is 2.72. The maximum absolute atomic E-state index is 12.1. The number of hydrogen-bond donors (Lipinski definition) is 1. The average molecular weight is 275 g/mol. The van der Waals surface area contributed by atoms with E-state index in [2.05, 4.69) is 5.32 Å². The van der Waals surface area contributed by atoms with Gasteiger partial charge in [0.2, 0.25) is 0 Å². The number of nitrogens with one attached hydrogen (secondary N) is 1. The van der Waals surface area contributed by atoms with Crippen molar-refractivity contribution in [3.05, 3.63) is 0 Å². The molecule has 1 aliphatic rings. The van der Waals surface area contributed by atoms with Crippen LogP contribution in [0.15, 0.2) is 0 Å². The first-order valence-electron chi connectivity index (χ1n) is 6.46.